The average molecular weight is 510 g/mol. The van der Waals surface area contributed by atoms with Gasteiger partial charge in [-0.15, -0.1) is 0 Å². The van der Waals surface area contributed by atoms with Gasteiger partial charge in [0.1, 0.15) is 30.3 Å². The molecule has 0 aliphatic heterocycles. The van der Waals surface area contributed by atoms with E-state index >= 15 is 0 Å². The Balaban J connectivity index is 2.11. The van der Waals surface area contributed by atoms with Crippen molar-refractivity contribution in [3.63, 3.8) is 0 Å². The zero-order valence-corrected chi connectivity index (χ0v) is 19.5. The first-order chi connectivity index (χ1) is 14.9. The number of ketones is 2. The number of nitrogens with zero attached hydrogens (tertiary/aromatic N) is 3. The van der Waals surface area contributed by atoms with Crippen molar-refractivity contribution in [1.82, 2.24) is 14.8 Å². The second-order valence-corrected chi connectivity index (χ2v) is 9.07. The van der Waals surface area contributed by atoms with Crippen LogP contribution in [0.3, 0.4) is 0 Å². The minimum atomic E-state index is -3.51. The lowest BCUT2D eigenvalue weighted by Gasteiger charge is -2.17. The van der Waals surface area contributed by atoms with Crippen LogP contribution in [0.25, 0.3) is 10.9 Å². The van der Waals surface area contributed by atoms with Crippen molar-refractivity contribution in [3.8, 4) is 5.75 Å². The molecule has 0 atom stereocenters. The minimum absolute atomic E-state index is 0.0446. The molecule has 0 spiro atoms. The van der Waals surface area contributed by atoms with E-state index in [1.54, 1.807) is 32.9 Å². The number of hydrogen-bond acceptors (Lipinski definition) is 6. The number of methoxy groups -OCH3 is 1. The van der Waals surface area contributed by atoms with Crippen LogP contribution < -0.4 is 4.74 Å². The molecule has 0 saturated heterocycles. The highest BCUT2D eigenvalue weighted by Gasteiger charge is 2.32. The first kappa shape index (κ1) is 23.9. The van der Waals surface area contributed by atoms with Crippen LogP contribution in [0.2, 0.25) is 0 Å². The lowest BCUT2D eigenvalue weighted by Crippen LogP contribution is -2.25. The van der Waals surface area contributed by atoms with Crippen molar-refractivity contribution in [3.05, 3.63) is 51.9 Å². The number of aromatic nitrogens is 3. The molecule has 2 aromatic heterocycles. The summed E-state index contributed by atoms with van der Waals surface area (Å²) in [5.41, 5.74) is -0.667. The zero-order valence-electron chi connectivity index (χ0n) is 17.9. The summed E-state index contributed by atoms with van der Waals surface area (Å²) in [7, 11) is 1.49. The van der Waals surface area contributed by atoms with E-state index < -0.39 is 29.4 Å². The van der Waals surface area contributed by atoms with Crippen LogP contribution in [0.15, 0.2) is 34.9 Å². The third kappa shape index (κ3) is 4.42. The molecule has 0 aliphatic carbocycles. The summed E-state index contributed by atoms with van der Waals surface area (Å²) in [6.07, 6.45) is 1.02. The van der Waals surface area contributed by atoms with Crippen molar-refractivity contribution < 1.29 is 28.2 Å². The fourth-order valence-electron chi connectivity index (χ4n) is 2.99. The Morgan fingerprint density at radius 2 is 1.88 bits per heavy atom. The van der Waals surface area contributed by atoms with Gasteiger partial charge in [0.05, 0.1) is 17.1 Å². The molecule has 3 rings (SSSR count). The number of rotatable bonds is 7. The van der Waals surface area contributed by atoms with Gasteiger partial charge >= 0.3 is 5.92 Å². The largest absolute Gasteiger partial charge is 0.495 e. The van der Waals surface area contributed by atoms with Gasteiger partial charge in [0.15, 0.2) is 5.78 Å². The molecule has 7 nitrogen and oxygen atoms in total. The summed E-state index contributed by atoms with van der Waals surface area (Å²) < 4.78 is 34.5. The molecular weight excluding hydrogens is 488 g/mol. The molecule has 0 saturated carbocycles. The number of carbonyl (C=O) groups excluding carboxylic acids is 2. The monoisotopic (exact) mass is 509 g/mol. The van der Waals surface area contributed by atoms with Crippen molar-refractivity contribution in [1.29, 1.82) is 0 Å². The molecule has 2 heterocycles. The molecule has 0 bridgehead atoms. The van der Waals surface area contributed by atoms with Crippen LogP contribution in [0, 0.1) is 5.41 Å². The number of aliphatic hydroxyl groups is 1. The number of Topliss-reactive ketones (excluding diaryl/α,β-unsaturated/α-hetero) is 1. The van der Waals surface area contributed by atoms with Gasteiger partial charge in [0.2, 0.25) is 5.78 Å². The standard InChI is InChI=1S/C22H22BrF2N3O4/c1-21(2,3)16(30)10-28-19-13(6-7-14(32-4)17(19)23)18(27-28)20(31)12-5-8-15(26-9-12)22(24,25)11-29/h5-9,29H,10-11H2,1-4H3. The normalized spacial score (nSPS) is 12.2. The van der Waals surface area contributed by atoms with Gasteiger partial charge in [-0.2, -0.15) is 13.9 Å². The minimum Gasteiger partial charge on any atom is -0.495 e. The molecule has 1 aromatic carbocycles. The first-order valence-corrected chi connectivity index (χ1v) is 10.5. The summed E-state index contributed by atoms with van der Waals surface area (Å²) in [6, 6.07) is 5.51. The summed E-state index contributed by atoms with van der Waals surface area (Å²) >= 11 is 3.46. The van der Waals surface area contributed by atoms with Crippen LogP contribution in [-0.4, -0.2) is 45.2 Å². The Morgan fingerprint density at radius 3 is 2.41 bits per heavy atom. The quantitative estimate of drug-likeness (QED) is 0.481. The average Bonchev–Trinajstić information content (AvgIpc) is 3.12. The molecule has 32 heavy (non-hydrogen) atoms. The first-order valence-electron chi connectivity index (χ1n) is 9.67. The van der Waals surface area contributed by atoms with Crippen LogP contribution in [-0.2, 0) is 17.3 Å². The van der Waals surface area contributed by atoms with Gasteiger partial charge < -0.3 is 9.84 Å². The van der Waals surface area contributed by atoms with E-state index in [-0.39, 0.29) is 23.6 Å². The number of fused-ring (bicyclic) bond motifs is 1. The number of halogens is 3. The van der Waals surface area contributed by atoms with Crippen LogP contribution in [0.1, 0.15) is 42.5 Å². The van der Waals surface area contributed by atoms with E-state index in [4.69, 9.17) is 9.84 Å². The highest BCUT2D eigenvalue weighted by Crippen LogP contribution is 2.36. The molecule has 10 heteroatoms. The van der Waals surface area contributed by atoms with E-state index in [0.717, 1.165) is 12.3 Å². The Kier molecular flexibility index (Phi) is 6.48. The maximum Gasteiger partial charge on any atom is 0.312 e. The molecule has 0 amide bonds. The maximum absolute atomic E-state index is 13.6. The summed E-state index contributed by atoms with van der Waals surface area (Å²) in [6.45, 7) is 3.91. The second-order valence-electron chi connectivity index (χ2n) is 8.28. The molecule has 0 unspecified atom stereocenters. The topological polar surface area (TPSA) is 94.3 Å². The number of carbonyl (C=O) groups is 2. The molecular formula is C22H22BrF2N3O4. The van der Waals surface area contributed by atoms with E-state index in [1.165, 1.54) is 17.9 Å². The lowest BCUT2D eigenvalue weighted by atomic mass is 9.91. The summed E-state index contributed by atoms with van der Waals surface area (Å²) in [4.78, 5) is 29.5. The fraction of sp³-hybridized carbons (Fsp3) is 0.364. The lowest BCUT2D eigenvalue weighted by molar-refractivity contribution is -0.127. The molecule has 0 aliphatic rings. The molecule has 0 fully saturated rings. The Bertz CT molecular complexity index is 1180. The number of alkyl halides is 2. The van der Waals surface area contributed by atoms with Crippen LogP contribution in [0.5, 0.6) is 5.75 Å². The number of ether oxygens (including phenoxy) is 1. The maximum atomic E-state index is 13.6. The summed E-state index contributed by atoms with van der Waals surface area (Å²) in [5, 5.41) is 13.7. The number of benzene rings is 1. The third-order valence-corrected chi connectivity index (χ3v) is 5.74. The van der Waals surface area contributed by atoms with E-state index in [0.29, 0.717) is 21.1 Å². The number of aliphatic hydroxyl groups excluding tert-OH is 1. The second kappa shape index (κ2) is 8.67. The SMILES string of the molecule is COc1ccc2c(C(=O)c3ccc(C(F)(F)CO)nc3)nn(CC(=O)C(C)(C)C)c2c1Br. The van der Waals surface area contributed by atoms with Crippen molar-refractivity contribution in [2.75, 3.05) is 13.7 Å². The van der Waals surface area contributed by atoms with Gasteiger partial charge in [-0.1, -0.05) is 20.8 Å². The van der Waals surface area contributed by atoms with Gasteiger partial charge in [-0.25, -0.2) is 0 Å². The highest BCUT2D eigenvalue weighted by atomic mass is 79.9. The molecule has 3 aromatic rings. The van der Waals surface area contributed by atoms with Crippen molar-refractivity contribution in [2.24, 2.45) is 5.41 Å². The van der Waals surface area contributed by atoms with Gasteiger partial charge in [0.25, 0.3) is 0 Å². The van der Waals surface area contributed by atoms with Gasteiger partial charge in [-0.3, -0.25) is 19.3 Å². The van der Waals surface area contributed by atoms with E-state index in [1.807, 2.05) is 0 Å². The Labute approximate surface area is 191 Å². The van der Waals surface area contributed by atoms with E-state index in [9.17, 15) is 18.4 Å². The van der Waals surface area contributed by atoms with Crippen molar-refractivity contribution >= 4 is 38.4 Å². The van der Waals surface area contributed by atoms with Crippen molar-refractivity contribution in [2.45, 2.75) is 33.2 Å². The predicted octanol–water partition coefficient (Wildman–Crippen LogP) is 4.13. The van der Waals surface area contributed by atoms with Crippen LogP contribution in [0.4, 0.5) is 8.78 Å². The number of pyridine rings is 1. The third-order valence-electron chi connectivity index (χ3n) is 4.98. The van der Waals surface area contributed by atoms with Gasteiger partial charge in [0, 0.05) is 22.6 Å². The Hall–Kier alpha value is -2.72. The summed E-state index contributed by atoms with van der Waals surface area (Å²) in [5.74, 6) is -3.64. The predicted molar refractivity (Wildman–Crippen MR) is 117 cm³/mol. The fourth-order valence-corrected chi connectivity index (χ4v) is 3.70. The number of hydrogen-bond donors (Lipinski definition) is 1. The highest BCUT2D eigenvalue weighted by molar-refractivity contribution is 9.10. The Morgan fingerprint density at radius 1 is 1.19 bits per heavy atom. The van der Waals surface area contributed by atoms with Crippen LogP contribution >= 0.6 is 15.9 Å². The smallest absolute Gasteiger partial charge is 0.312 e. The van der Waals surface area contributed by atoms with Gasteiger partial charge in [-0.05, 0) is 40.2 Å². The van der Waals surface area contributed by atoms with E-state index in [2.05, 4.69) is 26.0 Å². The molecule has 170 valence electrons. The molecule has 1 N–H and O–H groups in total. The molecule has 0 radical (unpaired) electrons. The zero-order chi connectivity index (χ0) is 23.8.